The zero-order chi connectivity index (χ0) is 11.5. The molecule has 0 radical (unpaired) electrons. The first-order chi connectivity index (χ1) is 6.96. The van der Waals surface area contributed by atoms with Gasteiger partial charge in [0.05, 0.1) is 10.0 Å². The van der Waals surface area contributed by atoms with E-state index in [-0.39, 0.29) is 15.8 Å². The molecule has 0 heterocycles. The van der Waals surface area contributed by atoms with Crippen LogP contribution in [0, 0.1) is 0 Å². The quantitative estimate of drug-likeness (QED) is 0.620. The summed E-state index contributed by atoms with van der Waals surface area (Å²) in [5.74, 6) is -0.278. The fourth-order valence-corrected chi connectivity index (χ4v) is 1.82. The van der Waals surface area contributed by atoms with E-state index >= 15 is 0 Å². The van der Waals surface area contributed by atoms with Gasteiger partial charge in [0.1, 0.15) is 0 Å². The summed E-state index contributed by atoms with van der Waals surface area (Å²) in [5.41, 5.74) is 0. The van der Waals surface area contributed by atoms with E-state index in [1.807, 2.05) is 0 Å². The topological polar surface area (TPSA) is 72.8 Å². The van der Waals surface area contributed by atoms with Crippen molar-refractivity contribution in [1.82, 2.24) is 0 Å². The van der Waals surface area contributed by atoms with Gasteiger partial charge in [-0.1, -0.05) is 29.3 Å². The number of rotatable bonds is 3. The number of carbonyl (C=O) groups excluding carboxylic acids is 1. The normalized spacial score (nSPS) is 10.5. The lowest BCUT2D eigenvalue weighted by atomic mass is 10.3. The van der Waals surface area contributed by atoms with E-state index in [0.717, 1.165) is 6.08 Å². The monoisotopic (exact) mass is 267 g/mol. The summed E-state index contributed by atoms with van der Waals surface area (Å²) >= 11 is 11.2. The Balaban J connectivity index is 3.15. The van der Waals surface area contributed by atoms with E-state index in [1.54, 1.807) is 0 Å². The number of halogens is 2. The van der Waals surface area contributed by atoms with Crippen LogP contribution in [-0.2, 0) is 15.1 Å². The largest absolute Gasteiger partial charge is 0.439 e. The molecule has 15 heavy (non-hydrogen) atoms. The fraction of sp³-hybridized carbons (Fsp3) is 0. The predicted molar refractivity (Wildman–Crippen MR) is 54.1 cm³/mol. The van der Waals surface area contributed by atoms with Gasteiger partial charge in [-0.15, -0.1) is 0 Å². The Bertz CT molecular complexity index is 502. The minimum absolute atomic E-state index is 0.00725. The third kappa shape index (κ3) is 3.21. The Kier molecular flexibility index (Phi) is 3.71. The highest BCUT2D eigenvalue weighted by Gasteiger charge is 2.16. The molecule has 0 unspecified atom stereocenters. The van der Waals surface area contributed by atoms with Gasteiger partial charge in [-0.3, -0.25) is 0 Å². The van der Waals surface area contributed by atoms with Crippen LogP contribution in [0.4, 0.5) is 0 Å². The van der Waals surface area contributed by atoms with Crippen LogP contribution < -0.4 is 4.18 Å². The molecule has 0 amide bonds. The maximum atomic E-state index is 10.9. The third-order valence-corrected chi connectivity index (χ3v) is 2.53. The SMILES string of the molecule is O=C=NS(=O)(=O)Oc1c(Cl)cccc1Cl. The molecule has 0 saturated heterocycles. The van der Waals surface area contributed by atoms with Gasteiger partial charge in [-0.2, -0.15) is 8.42 Å². The molecule has 0 aliphatic rings. The summed E-state index contributed by atoms with van der Waals surface area (Å²) in [6.07, 6.45) is 0.843. The highest BCUT2D eigenvalue weighted by atomic mass is 35.5. The van der Waals surface area contributed by atoms with Crippen LogP contribution in [0.2, 0.25) is 10.0 Å². The zero-order valence-corrected chi connectivity index (χ0v) is 9.30. The summed E-state index contributed by atoms with van der Waals surface area (Å²) in [5, 5.41) is -0.0145. The Labute approximate surface area is 95.5 Å². The lowest BCUT2D eigenvalue weighted by Gasteiger charge is -2.04. The molecule has 0 aromatic heterocycles. The van der Waals surface area contributed by atoms with E-state index in [0.29, 0.717) is 0 Å². The fourth-order valence-electron chi connectivity index (χ4n) is 0.732. The van der Waals surface area contributed by atoms with Crippen molar-refractivity contribution in [2.75, 3.05) is 0 Å². The lowest BCUT2D eigenvalue weighted by Crippen LogP contribution is -2.05. The number of nitrogens with zero attached hydrogens (tertiary/aromatic N) is 1. The van der Waals surface area contributed by atoms with Crippen molar-refractivity contribution in [3.8, 4) is 5.75 Å². The van der Waals surface area contributed by atoms with Crippen molar-refractivity contribution < 1.29 is 17.4 Å². The number of para-hydroxylation sites is 1. The Morgan fingerprint density at radius 3 is 2.27 bits per heavy atom. The van der Waals surface area contributed by atoms with E-state index in [2.05, 4.69) is 8.58 Å². The molecule has 0 saturated carbocycles. The molecule has 0 aliphatic carbocycles. The molecule has 1 aromatic carbocycles. The zero-order valence-electron chi connectivity index (χ0n) is 6.98. The van der Waals surface area contributed by atoms with E-state index in [1.165, 1.54) is 18.2 Å². The summed E-state index contributed by atoms with van der Waals surface area (Å²) in [6.45, 7) is 0. The molecule has 0 spiro atoms. The molecule has 0 N–H and O–H groups in total. The highest BCUT2D eigenvalue weighted by molar-refractivity contribution is 7.85. The summed E-state index contributed by atoms with van der Waals surface area (Å²) in [7, 11) is -4.40. The van der Waals surface area contributed by atoms with Crippen molar-refractivity contribution >= 4 is 39.6 Å². The minimum atomic E-state index is -4.40. The Morgan fingerprint density at radius 1 is 1.27 bits per heavy atom. The standard InChI is InChI=1S/C7H3Cl2NO4S/c8-5-2-1-3-6(9)7(5)14-15(12,13)10-4-11/h1-3H. The first-order valence-electron chi connectivity index (χ1n) is 3.44. The van der Waals surface area contributed by atoms with Gasteiger partial charge in [0.25, 0.3) is 6.08 Å². The molecular weight excluding hydrogens is 265 g/mol. The van der Waals surface area contributed by atoms with Crippen molar-refractivity contribution in [1.29, 1.82) is 0 Å². The summed E-state index contributed by atoms with van der Waals surface area (Å²) in [6, 6.07) is 4.26. The second kappa shape index (κ2) is 4.63. The van der Waals surface area contributed by atoms with Crippen LogP contribution >= 0.6 is 23.2 Å². The van der Waals surface area contributed by atoms with E-state index in [9.17, 15) is 13.2 Å². The molecule has 0 bridgehead atoms. The van der Waals surface area contributed by atoms with Crippen LogP contribution in [0.15, 0.2) is 22.6 Å². The number of hydrogen-bond acceptors (Lipinski definition) is 4. The molecular formula is C7H3Cl2NO4S. The maximum absolute atomic E-state index is 10.9. The second-order valence-corrected chi connectivity index (χ2v) is 4.26. The van der Waals surface area contributed by atoms with Crippen molar-refractivity contribution in [2.24, 2.45) is 4.40 Å². The smallest absolute Gasteiger partial charge is 0.362 e. The molecule has 0 fully saturated rings. The Hall–Kier alpha value is -1.07. The van der Waals surface area contributed by atoms with Gasteiger partial charge in [-0.05, 0) is 16.5 Å². The molecule has 1 rings (SSSR count). The summed E-state index contributed by atoms with van der Waals surface area (Å²) in [4.78, 5) is 9.76. The molecule has 0 atom stereocenters. The summed E-state index contributed by atoms with van der Waals surface area (Å²) < 4.78 is 28.7. The van der Waals surface area contributed by atoms with E-state index in [4.69, 9.17) is 23.2 Å². The molecule has 0 aliphatic heterocycles. The van der Waals surface area contributed by atoms with Crippen LogP contribution in [0.3, 0.4) is 0 Å². The number of hydrogen-bond donors (Lipinski definition) is 0. The second-order valence-electron chi connectivity index (χ2n) is 2.24. The van der Waals surface area contributed by atoms with Gasteiger partial charge in [0.2, 0.25) is 0 Å². The predicted octanol–water partition coefficient (Wildman–Crippen LogP) is 1.95. The van der Waals surface area contributed by atoms with E-state index < -0.39 is 10.3 Å². The first kappa shape index (κ1) is 12.0. The van der Waals surface area contributed by atoms with Gasteiger partial charge in [0.15, 0.2) is 5.75 Å². The third-order valence-electron chi connectivity index (χ3n) is 1.26. The van der Waals surface area contributed by atoms with Crippen LogP contribution in [0.5, 0.6) is 5.75 Å². The van der Waals surface area contributed by atoms with Crippen molar-refractivity contribution in [2.45, 2.75) is 0 Å². The number of isocyanates is 1. The average molecular weight is 268 g/mol. The molecule has 5 nitrogen and oxygen atoms in total. The van der Waals surface area contributed by atoms with Crippen molar-refractivity contribution in [3.05, 3.63) is 28.2 Å². The van der Waals surface area contributed by atoms with Gasteiger partial charge >= 0.3 is 10.3 Å². The molecule has 1 aromatic rings. The number of benzene rings is 1. The maximum Gasteiger partial charge on any atom is 0.439 e. The molecule has 80 valence electrons. The van der Waals surface area contributed by atoms with Gasteiger partial charge in [-0.25, -0.2) is 4.79 Å². The first-order valence-corrected chi connectivity index (χ1v) is 5.56. The van der Waals surface area contributed by atoms with Gasteiger partial charge in [0, 0.05) is 0 Å². The van der Waals surface area contributed by atoms with Gasteiger partial charge < -0.3 is 4.18 Å². The van der Waals surface area contributed by atoms with Crippen LogP contribution in [-0.4, -0.2) is 14.5 Å². The molecule has 8 heteroatoms. The van der Waals surface area contributed by atoms with Crippen molar-refractivity contribution in [3.63, 3.8) is 0 Å². The van der Waals surface area contributed by atoms with Crippen LogP contribution in [0.25, 0.3) is 0 Å². The highest BCUT2D eigenvalue weighted by Crippen LogP contribution is 2.33. The minimum Gasteiger partial charge on any atom is -0.362 e. The lowest BCUT2D eigenvalue weighted by molar-refractivity contribution is 0.487. The Morgan fingerprint density at radius 2 is 1.80 bits per heavy atom. The van der Waals surface area contributed by atoms with Crippen LogP contribution in [0.1, 0.15) is 0 Å². The average Bonchev–Trinajstić information content (AvgIpc) is 2.11.